The lowest BCUT2D eigenvalue weighted by atomic mass is 10.2. The van der Waals surface area contributed by atoms with E-state index >= 15 is 0 Å². The van der Waals surface area contributed by atoms with Crippen molar-refractivity contribution in [2.45, 2.75) is 38.5 Å². The van der Waals surface area contributed by atoms with Gasteiger partial charge in [0.15, 0.2) is 0 Å². The third kappa shape index (κ3) is 2.33. The van der Waals surface area contributed by atoms with Gasteiger partial charge in [0.1, 0.15) is 0 Å². The topological polar surface area (TPSA) is 47.3 Å². The summed E-state index contributed by atoms with van der Waals surface area (Å²) in [5, 5.41) is 8.83. The van der Waals surface area contributed by atoms with Gasteiger partial charge in [0.2, 0.25) is 0 Å². The summed E-state index contributed by atoms with van der Waals surface area (Å²) in [5.74, 6) is 0. The van der Waals surface area contributed by atoms with Crippen LogP contribution in [0, 0.1) is 0 Å². The number of nitrogens with zero attached hydrogens (tertiary/aromatic N) is 2. The van der Waals surface area contributed by atoms with E-state index in [0.717, 1.165) is 25.3 Å². The van der Waals surface area contributed by atoms with Crippen molar-refractivity contribution >= 4 is 0 Å². The molecule has 0 aromatic carbocycles. The van der Waals surface area contributed by atoms with Crippen LogP contribution in [-0.2, 0) is 17.9 Å². The van der Waals surface area contributed by atoms with E-state index < -0.39 is 0 Å². The number of hydrogen-bond donors (Lipinski definition) is 1. The van der Waals surface area contributed by atoms with Gasteiger partial charge in [0.05, 0.1) is 24.7 Å². The fourth-order valence-electron chi connectivity index (χ4n) is 1.78. The highest BCUT2D eigenvalue weighted by molar-refractivity contribution is 4.94. The van der Waals surface area contributed by atoms with Gasteiger partial charge < -0.3 is 14.4 Å². The van der Waals surface area contributed by atoms with Crippen molar-refractivity contribution in [1.29, 1.82) is 0 Å². The number of ether oxygens (including phenoxy) is 1. The molecule has 14 heavy (non-hydrogen) atoms. The highest BCUT2D eigenvalue weighted by atomic mass is 16.5. The van der Waals surface area contributed by atoms with Crippen LogP contribution in [0.1, 0.15) is 25.0 Å². The molecule has 2 rings (SSSR count). The van der Waals surface area contributed by atoms with Crippen LogP contribution in [0.25, 0.3) is 0 Å². The molecule has 1 saturated heterocycles. The van der Waals surface area contributed by atoms with Gasteiger partial charge in [-0.15, -0.1) is 0 Å². The maximum Gasteiger partial charge on any atom is 0.0950 e. The molecule has 4 heteroatoms. The van der Waals surface area contributed by atoms with E-state index in [1.54, 1.807) is 6.33 Å². The Morgan fingerprint density at radius 3 is 3.21 bits per heavy atom. The second-order valence-electron chi connectivity index (χ2n) is 3.68. The molecule has 0 saturated carbocycles. The first-order chi connectivity index (χ1) is 6.88. The molecule has 1 unspecified atom stereocenters. The zero-order chi connectivity index (χ0) is 9.80. The Kier molecular flexibility index (Phi) is 3.16. The number of aliphatic hydroxyl groups is 1. The Labute approximate surface area is 83.5 Å². The van der Waals surface area contributed by atoms with Crippen molar-refractivity contribution in [1.82, 2.24) is 9.55 Å². The summed E-state index contributed by atoms with van der Waals surface area (Å²) in [6, 6.07) is 0. The fourth-order valence-corrected chi connectivity index (χ4v) is 1.78. The molecule has 0 spiro atoms. The van der Waals surface area contributed by atoms with Crippen molar-refractivity contribution in [2.24, 2.45) is 0 Å². The normalized spacial score (nSPS) is 21.6. The molecule has 0 radical (unpaired) electrons. The zero-order valence-electron chi connectivity index (χ0n) is 8.22. The molecule has 78 valence electrons. The molecule has 1 aromatic heterocycles. The van der Waals surface area contributed by atoms with Crippen LogP contribution < -0.4 is 0 Å². The second kappa shape index (κ2) is 4.57. The summed E-state index contributed by atoms with van der Waals surface area (Å²) in [7, 11) is 0. The minimum absolute atomic E-state index is 0.0208. The quantitative estimate of drug-likeness (QED) is 0.779. The molecule has 1 aliphatic heterocycles. The van der Waals surface area contributed by atoms with E-state index in [1.807, 2.05) is 10.8 Å². The largest absolute Gasteiger partial charge is 0.390 e. The van der Waals surface area contributed by atoms with Crippen molar-refractivity contribution in [2.75, 3.05) is 6.61 Å². The predicted molar refractivity (Wildman–Crippen MR) is 51.7 cm³/mol. The first kappa shape index (κ1) is 9.68. The van der Waals surface area contributed by atoms with Crippen molar-refractivity contribution in [3.8, 4) is 0 Å². The number of aromatic nitrogens is 2. The highest BCUT2D eigenvalue weighted by Gasteiger charge is 2.14. The number of rotatable bonds is 4. The summed E-state index contributed by atoms with van der Waals surface area (Å²) in [4.78, 5) is 4.05. The van der Waals surface area contributed by atoms with Gasteiger partial charge in [0, 0.05) is 19.3 Å². The third-order valence-corrected chi connectivity index (χ3v) is 2.58. The molecule has 0 aliphatic carbocycles. The molecule has 0 amide bonds. The minimum atomic E-state index is 0.0208. The van der Waals surface area contributed by atoms with Gasteiger partial charge in [0.25, 0.3) is 0 Å². The molecule has 4 nitrogen and oxygen atoms in total. The molecule has 1 aromatic rings. The fraction of sp³-hybridized carbons (Fsp3) is 0.700. The minimum Gasteiger partial charge on any atom is -0.390 e. The van der Waals surface area contributed by atoms with Crippen LogP contribution in [0.5, 0.6) is 0 Å². The molecular weight excluding hydrogens is 180 g/mol. The van der Waals surface area contributed by atoms with Gasteiger partial charge >= 0.3 is 0 Å². The average molecular weight is 196 g/mol. The summed E-state index contributed by atoms with van der Waals surface area (Å²) < 4.78 is 7.53. The standard InChI is InChI=1S/C10H16N2O2/c13-7-9-6-12(8-11-9)4-3-10-2-1-5-14-10/h6,8,10,13H,1-5,7H2. The smallest absolute Gasteiger partial charge is 0.0950 e. The molecule has 1 aliphatic rings. The number of aryl methyl sites for hydroxylation is 1. The Balaban J connectivity index is 1.79. The van der Waals surface area contributed by atoms with Crippen LogP contribution in [-0.4, -0.2) is 27.4 Å². The number of imidazole rings is 1. The Morgan fingerprint density at radius 1 is 1.64 bits per heavy atom. The SMILES string of the molecule is OCc1cn(CCC2CCCO2)cn1. The summed E-state index contributed by atoms with van der Waals surface area (Å²) in [5.41, 5.74) is 0.734. The first-order valence-corrected chi connectivity index (χ1v) is 5.11. The van der Waals surface area contributed by atoms with E-state index in [2.05, 4.69) is 4.98 Å². The molecule has 1 N–H and O–H groups in total. The van der Waals surface area contributed by atoms with Crippen LogP contribution in [0.2, 0.25) is 0 Å². The van der Waals surface area contributed by atoms with Crippen LogP contribution in [0.4, 0.5) is 0 Å². The van der Waals surface area contributed by atoms with E-state index in [1.165, 1.54) is 12.8 Å². The summed E-state index contributed by atoms with van der Waals surface area (Å²) in [6.45, 7) is 1.86. The van der Waals surface area contributed by atoms with Gasteiger partial charge in [-0.2, -0.15) is 0 Å². The molecule has 1 fully saturated rings. The maximum absolute atomic E-state index is 8.83. The monoisotopic (exact) mass is 196 g/mol. The van der Waals surface area contributed by atoms with Gasteiger partial charge in [-0.05, 0) is 19.3 Å². The average Bonchev–Trinajstić information content (AvgIpc) is 2.86. The second-order valence-corrected chi connectivity index (χ2v) is 3.68. The maximum atomic E-state index is 8.83. The van der Waals surface area contributed by atoms with Gasteiger partial charge in [-0.25, -0.2) is 4.98 Å². The summed E-state index contributed by atoms with van der Waals surface area (Å²) in [6.07, 6.45) is 7.49. The molecule has 0 bridgehead atoms. The lowest BCUT2D eigenvalue weighted by Crippen LogP contribution is -2.08. The molecular formula is C10H16N2O2. The Bertz CT molecular complexity index is 279. The van der Waals surface area contributed by atoms with Gasteiger partial charge in [-0.1, -0.05) is 0 Å². The number of aliphatic hydroxyl groups excluding tert-OH is 1. The van der Waals surface area contributed by atoms with Crippen molar-refractivity contribution in [3.05, 3.63) is 18.2 Å². The van der Waals surface area contributed by atoms with E-state index in [9.17, 15) is 0 Å². The van der Waals surface area contributed by atoms with Crippen LogP contribution in [0.3, 0.4) is 0 Å². The predicted octanol–water partition coefficient (Wildman–Crippen LogP) is 0.944. The van der Waals surface area contributed by atoms with E-state index in [4.69, 9.17) is 9.84 Å². The molecule has 1 atom stereocenters. The lowest BCUT2D eigenvalue weighted by Gasteiger charge is -2.08. The first-order valence-electron chi connectivity index (χ1n) is 5.11. The highest BCUT2D eigenvalue weighted by Crippen LogP contribution is 2.15. The Hall–Kier alpha value is -0.870. The summed E-state index contributed by atoms with van der Waals surface area (Å²) >= 11 is 0. The van der Waals surface area contributed by atoms with Crippen LogP contribution >= 0.6 is 0 Å². The third-order valence-electron chi connectivity index (χ3n) is 2.58. The van der Waals surface area contributed by atoms with E-state index in [0.29, 0.717) is 6.10 Å². The lowest BCUT2D eigenvalue weighted by molar-refractivity contribution is 0.100. The van der Waals surface area contributed by atoms with Crippen LogP contribution in [0.15, 0.2) is 12.5 Å². The van der Waals surface area contributed by atoms with Crippen molar-refractivity contribution < 1.29 is 9.84 Å². The number of hydrogen-bond acceptors (Lipinski definition) is 3. The zero-order valence-corrected chi connectivity index (χ0v) is 8.22. The van der Waals surface area contributed by atoms with Crippen molar-refractivity contribution in [3.63, 3.8) is 0 Å². The van der Waals surface area contributed by atoms with Gasteiger partial charge in [-0.3, -0.25) is 0 Å². The Morgan fingerprint density at radius 2 is 2.57 bits per heavy atom. The van der Waals surface area contributed by atoms with E-state index in [-0.39, 0.29) is 6.61 Å². The molecule has 2 heterocycles.